The number of hydrogen-bond acceptors (Lipinski definition) is 3. The smallest absolute Gasteiger partial charge is 0.273 e. The summed E-state index contributed by atoms with van der Waals surface area (Å²) in [6, 6.07) is 4.10. The van der Waals surface area contributed by atoms with Gasteiger partial charge in [-0.3, -0.25) is 20.4 Å². The minimum absolute atomic E-state index is 0.00330. The van der Waals surface area contributed by atoms with Crippen molar-refractivity contribution in [2.45, 2.75) is 27.2 Å². The van der Waals surface area contributed by atoms with Crippen molar-refractivity contribution >= 4 is 23.4 Å². The van der Waals surface area contributed by atoms with Gasteiger partial charge in [-0.15, -0.1) is 0 Å². The van der Waals surface area contributed by atoms with Crippen LogP contribution in [0.2, 0.25) is 5.02 Å². The highest BCUT2D eigenvalue weighted by atomic mass is 35.5. The van der Waals surface area contributed by atoms with E-state index in [2.05, 4.69) is 10.9 Å². The first kappa shape index (κ1) is 15.3. The molecule has 0 aliphatic heterocycles. The number of benzene rings is 1. The van der Waals surface area contributed by atoms with Gasteiger partial charge in [-0.1, -0.05) is 32.4 Å². The lowest BCUT2D eigenvalue weighted by Gasteiger charge is -2.17. The van der Waals surface area contributed by atoms with Gasteiger partial charge >= 0.3 is 0 Å². The number of carbonyl (C=O) groups is 2. The Balaban J connectivity index is 2.61. The molecule has 2 amide bonds. The molecule has 0 bridgehead atoms. The lowest BCUT2D eigenvalue weighted by molar-refractivity contribution is -0.123. The summed E-state index contributed by atoms with van der Waals surface area (Å²) in [5, 5.41) is 9.85. The predicted molar refractivity (Wildman–Crippen MR) is 72.8 cm³/mol. The first-order valence-corrected chi connectivity index (χ1v) is 6.14. The van der Waals surface area contributed by atoms with Gasteiger partial charge < -0.3 is 5.11 Å². The average molecular weight is 285 g/mol. The van der Waals surface area contributed by atoms with E-state index in [1.165, 1.54) is 18.2 Å². The number of phenols is 1. The summed E-state index contributed by atoms with van der Waals surface area (Å²) in [6.45, 7) is 5.74. The maximum Gasteiger partial charge on any atom is 0.273 e. The summed E-state index contributed by atoms with van der Waals surface area (Å²) in [5.41, 5.74) is 4.35. The minimum atomic E-state index is -0.623. The van der Waals surface area contributed by atoms with Crippen LogP contribution in [-0.2, 0) is 4.79 Å². The first-order valence-electron chi connectivity index (χ1n) is 5.77. The van der Waals surface area contributed by atoms with Crippen LogP contribution in [0.1, 0.15) is 37.6 Å². The van der Waals surface area contributed by atoms with Crippen LogP contribution in [0.5, 0.6) is 5.75 Å². The highest BCUT2D eigenvalue weighted by molar-refractivity contribution is 6.31. The van der Waals surface area contributed by atoms with Crippen LogP contribution < -0.4 is 10.9 Å². The van der Waals surface area contributed by atoms with Gasteiger partial charge in [0.2, 0.25) is 5.91 Å². The summed E-state index contributed by atoms with van der Waals surface area (Å²) in [6.07, 6.45) is 0.273. The van der Waals surface area contributed by atoms with Gasteiger partial charge in [0.25, 0.3) is 5.91 Å². The minimum Gasteiger partial charge on any atom is -0.507 e. The van der Waals surface area contributed by atoms with Crippen molar-refractivity contribution in [3.8, 4) is 5.75 Å². The fourth-order valence-electron chi connectivity index (χ4n) is 1.41. The third-order valence-electron chi connectivity index (χ3n) is 2.21. The van der Waals surface area contributed by atoms with Gasteiger partial charge in [-0.25, -0.2) is 0 Å². The average Bonchev–Trinajstić information content (AvgIpc) is 2.27. The number of hydrazine groups is 1. The molecule has 104 valence electrons. The molecule has 1 aromatic carbocycles. The molecule has 0 radical (unpaired) electrons. The zero-order chi connectivity index (χ0) is 14.6. The van der Waals surface area contributed by atoms with Gasteiger partial charge in [0.1, 0.15) is 5.75 Å². The zero-order valence-corrected chi connectivity index (χ0v) is 11.8. The highest BCUT2D eigenvalue weighted by Crippen LogP contribution is 2.21. The van der Waals surface area contributed by atoms with Gasteiger partial charge in [0, 0.05) is 11.4 Å². The molecule has 0 heterocycles. The fraction of sp³-hybridized carbons (Fsp3) is 0.385. The second-order valence-corrected chi connectivity index (χ2v) is 5.84. The molecule has 1 rings (SSSR count). The summed E-state index contributed by atoms with van der Waals surface area (Å²) in [4.78, 5) is 23.3. The number of amides is 2. The van der Waals surface area contributed by atoms with Crippen molar-refractivity contribution in [2.75, 3.05) is 0 Å². The van der Waals surface area contributed by atoms with E-state index < -0.39 is 5.91 Å². The lowest BCUT2D eigenvalue weighted by atomic mass is 9.92. The van der Waals surface area contributed by atoms with Crippen molar-refractivity contribution in [3.05, 3.63) is 28.8 Å². The van der Waals surface area contributed by atoms with Crippen LogP contribution >= 0.6 is 11.6 Å². The number of phenolic OH excluding ortho intramolecular Hbond substituents is 1. The summed E-state index contributed by atoms with van der Waals surface area (Å²) < 4.78 is 0. The predicted octanol–water partition coefficient (Wildman–Crippen LogP) is 2.24. The van der Waals surface area contributed by atoms with Crippen LogP contribution in [0.3, 0.4) is 0 Å². The van der Waals surface area contributed by atoms with Gasteiger partial charge in [-0.05, 0) is 23.6 Å². The lowest BCUT2D eigenvalue weighted by Crippen LogP contribution is -2.42. The number of nitrogens with one attached hydrogen (secondary N) is 2. The van der Waals surface area contributed by atoms with Crippen LogP contribution in [0.25, 0.3) is 0 Å². The number of rotatable bonds is 2. The number of aromatic hydroxyl groups is 1. The highest BCUT2D eigenvalue weighted by Gasteiger charge is 2.17. The van der Waals surface area contributed by atoms with Crippen molar-refractivity contribution in [1.82, 2.24) is 10.9 Å². The van der Waals surface area contributed by atoms with Gasteiger partial charge in [0.15, 0.2) is 0 Å². The maximum absolute atomic E-state index is 11.7. The van der Waals surface area contributed by atoms with Crippen molar-refractivity contribution in [1.29, 1.82) is 0 Å². The van der Waals surface area contributed by atoms with Crippen LogP contribution in [-0.4, -0.2) is 16.9 Å². The monoisotopic (exact) mass is 284 g/mol. The molecule has 0 aliphatic carbocycles. The Kier molecular flexibility index (Phi) is 4.78. The molecule has 6 heteroatoms. The molecule has 5 nitrogen and oxygen atoms in total. The number of hydrogen-bond donors (Lipinski definition) is 3. The second kappa shape index (κ2) is 5.93. The Hall–Kier alpha value is -1.75. The molecule has 1 aromatic rings. The number of halogens is 1. The van der Waals surface area contributed by atoms with Gasteiger partial charge in [0.05, 0.1) is 5.56 Å². The molecule has 3 N–H and O–H groups in total. The summed E-state index contributed by atoms with van der Waals surface area (Å²) >= 11 is 5.73. The van der Waals surface area contributed by atoms with E-state index in [1.54, 1.807) is 0 Å². The molecule has 0 fully saturated rings. The topological polar surface area (TPSA) is 78.4 Å². The zero-order valence-electron chi connectivity index (χ0n) is 11.1. The van der Waals surface area contributed by atoms with Crippen molar-refractivity contribution < 1.29 is 14.7 Å². The van der Waals surface area contributed by atoms with E-state index in [0.29, 0.717) is 5.02 Å². The Bertz CT molecular complexity index is 495. The van der Waals surface area contributed by atoms with Crippen LogP contribution in [0.15, 0.2) is 18.2 Å². The molecule has 0 aliphatic rings. The standard InChI is InChI=1S/C13H17ClN2O3/c1-13(2,3)7-11(18)15-16-12(19)9-6-8(14)4-5-10(9)17/h4-6,17H,7H2,1-3H3,(H,15,18)(H,16,19). The van der Waals surface area contributed by atoms with E-state index in [4.69, 9.17) is 11.6 Å². The first-order chi connectivity index (χ1) is 8.69. The van der Waals surface area contributed by atoms with E-state index in [9.17, 15) is 14.7 Å². The Labute approximate surface area is 116 Å². The van der Waals surface area contributed by atoms with Crippen molar-refractivity contribution in [2.24, 2.45) is 5.41 Å². The molecule has 0 spiro atoms. The van der Waals surface area contributed by atoms with Gasteiger partial charge in [-0.2, -0.15) is 0 Å². The fourth-order valence-corrected chi connectivity index (χ4v) is 1.58. The molecular weight excluding hydrogens is 268 g/mol. The SMILES string of the molecule is CC(C)(C)CC(=O)NNC(=O)c1cc(Cl)ccc1O. The van der Waals surface area contributed by atoms with E-state index in [-0.39, 0.29) is 29.1 Å². The van der Waals surface area contributed by atoms with E-state index in [0.717, 1.165) is 0 Å². The Morgan fingerprint density at radius 3 is 2.47 bits per heavy atom. The summed E-state index contributed by atoms with van der Waals surface area (Å²) in [7, 11) is 0. The molecular formula is C13H17ClN2O3. The second-order valence-electron chi connectivity index (χ2n) is 5.40. The quantitative estimate of drug-likeness (QED) is 0.729. The molecule has 0 aromatic heterocycles. The molecule has 0 saturated heterocycles. The molecule has 0 unspecified atom stereocenters. The largest absolute Gasteiger partial charge is 0.507 e. The normalized spacial score (nSPS) is 10.9. The molecule has 0 atom stereocenters. The van der Waals surface area contributed by atoms with E-state index >= 15 is 0 Å². The van der Waals surface area contributed by atoms with Crippen LogP contribution in [0.4, 0.5) is 0 Å². The summed E-state index contributed by atoms with van der Waals surface area (Å²) in [5.74, 6) is -1.13. The van der Waals surface area contributed by atoms with E-state index in [1.807, 2.05) is 20.8 Å². The van der Waals surface area contributed by atoms with Crippen molar-refractivity contribution in [3.63, 3.8) is 0 Å². The molecule has 19 heavy (non-hydrogen) atoms. The third kappa shape index (κ3) is 5.18. The maximum atomic E-state index is 11.7. The Morgan fingerprint density at radius 1 is 1.26 bits per heavy atom. The Morgan fingerprint density at radius 2 is 1.89 bits per heavy atom. The van der Waals surface area contributed by atoms with Crippen LogP contribution in [0, 0.1) is 5.41 Å². The molecule has 0 saturated carbocycles. The number of carbonyl (C=O) groups excluding carboxylic acids is 2. The third-order valence-corrected chi connectivity index (χ3v) is 2.44.